The first kappa shape index (κ1) is 21.4. The lowest BCUT2D eigenvalue weighted by Gasteiger charge is -2.12. The number of halogens is 1. The molecule has 4 nitrogen and oxygen atoms in total. The van der Waals surface area contributed by atoms with Crippen molar-refractivity contribution in [3.8, 4) is 11.8 Å². The Balaban J connectivity index is 1.85. The van der Waals surface area contributed by atoms with Crippen LogP contribution >= 0.6 is 15.9 Å². The second-order valence-electron chi connectivity index (χ2n) is 6.83. The second kappa shape index (κ2) is 9.91. The van der Waals surface area contributed by atoms with Crippen molar-refractivity contribution in [3.05, 3.63) is 99.0 Å². The van der Waals surface area contributed by atoms with Gasteiger partial charge >= 0.3 is 0 Å². The molecule has 0 bridgehead atoms. The van der Waals surface area contributed by atoms with Crippen molar-refractivity contribution in [2.75, 3.05) is 5.32 Å². The molecule has 0 aliphatic heterocycles. The fourth-order valence-electron chi connectivity index (χ4n) is 2.88. The Bertz CT molecular complexity index is 1130. The summed E-state index contributed by atoms with van der Waals surface area (Å²) in [5.41, 5.74) is 4.40. The second-order valence-corrected chi connectivity index (χ2v) is 7.74. The minimum absolute atomic E-state index is 0.00133. The van der Waals surface area contributed by atoms with Gasteiger partial charge in [0.1, 0.15) is 24.0 Å². The van der Waals surface area contributed by atoms with E-state index in [1.165, 1.54) is 0 Å². The molecule has 0 aromatic heterocycles. The summed E-state index contributed by atoms with van der Waals surface area (Å²) in [6.45, 7) is 4.30. The van der Waals surface area contributed by atoms with Crippen LogP contribution in [0.4, 0.5) is 5.69 Å². The van der Waals surface area contributed by atoms with Crippen LogP contribution in [0.3, 0.4) is 0 Å². The topological polar surface area (TPSA) is 62.1 Å². The average Bonchev–Trinajstić information content (AvgIpc) is 2.75. The third-order valence-corrected chi connectivity index (χ3v) is 5.22. The average molecular weight is 461 g/mol. The van der Waals surface area contributed by atoms with Crippen LogP contribution < -0.4 is 10.1 Å². The third-order valence-electron chi connectivity index (χ3n) is 4.73. The summed E-state index contributed by atoms with van der Waals surface area (Å²) < 4.78 is 6.78. The number of nitrogens with zero attached hydrogens (tertiary/aromatic N) is 1. The molecule has 3 rings (SSSR count). The minimum Gasteiger partial charge on any atom is -0.488 e. The van der Waals surface area contributed by atoms with Crippen molar-refractivity contribution in [2.24, 2.45) is 0 Å². The summed E-state index contributed by atoms with van der Waals surface area (Å²) in [6.07, 6.45) is 1.55. The Kier molecular flexibility index (Phi) is 7.05. The standard InChI is InChI=1S/C25H21BrN2O2/c1-17-7-6-10-23(18(17)2)28-25(29)21(15-27)13-20-14-22(26)11-12-24(20)30-16-19-8-4-3-5-9-19/h3-14H,16H2,1-2H3,(H,28,29)/b21-13+. The zero-order chi connectivity index (χ0) is 21.5. The van der Waals surface area contributed by atoms with Gasteiger partial charge in [0.2, 0.25) is 0 Å². The molecule has 0 fully saturated rings. The summed E-state index contributed by atoms with van der Waals surface area (Å²) in [4.78, 5) is 12.7. The number of ether oxygens (including phenoxy) is 1. The molecule has 0 aliphatic rings. The van der Waals surface area contributed by atoms with Crippen LogP contribution in [0.15, 0.2) is 76.8 Å². The Morgan fingerprint density at radius 2 is 1.87 bits per heavy atom. The van der Waals surface area contributed by atoms with Gasteiger partial charge in [-0.3, -0.25) is 4.79 Å². The van der Waals surface area contributed by atoms with E-state index in [0.29, 0.717) is 23.6 Å². The van der Waals surface area contributed by atoms with Crippen LogP contribution in [0.25, 0.3) is 6.08 Å². The molecule has 30 heavy (non-hydrogen) atoms. The van der Waals surface area contributed by atoms with Crippen LogP contribution in [0, 0.1) is 25.2 Å². The number of carbonyl (C=O) groups is 1. The van der Waals surface area contributed by atoms with Gasteiger partial charge in [-0.1, -0.05) is 58.4 Å². The lowest BCUT2D eigenvalue weighted by atomic mass is 10.1. The van der Waals surface area contributed by atoms with Crippen molar-refractivity contribution in [3.63, 3.8) is 0 Å². The molecule has 0 saturated heterocycles. The molecule has 5 heteroatoms. The van der Waals surface area contributed by atoms with Crippen LogP contribution in [0.1, 0.15) is 22.3 Å². The number of benzene rings is 3. The number of aryl methyl sites for hydroxylation is 1. The summed E-state index contributed by atoms with van der Waals surface area (Å²) in [6, 6.07) is 23.0. The van der Waals surface area contributed by atoms with E-state index >= 15 is 0 Å². The largest absolute Gasteiger partial charge is 0.488 e. The summed E-state index contributed by atoms with van der Waals surface area (Å²) in [5.74, 6) is 0.134. The van der Waals surface area contributed by atoms with E-state index in [1.807, 2.05) is 86.6 Å². The fourth-order valence-corrected chi connectivity index (χ4v) is 3.26. The van der Waals surface area contributed by atoms with Gasteiger partial charge in [-0.25, -0.2) is 0 Å². The van der Waals surface area contributed by atoms with Gasteiger partial charge in [-0.15, -0.1) is 0 Å². The van der Waals surface area contributed by atoms with Gasteiger partial charge in [0, 0.05) is 15.7 Å². The predicted octanol–water partition coefficient (Wildman–Crippen LogP) is 6.19. The molecule has 0 heterocycles. The van der Waals surface area contributed by atoms with Crippen molar-refractivity contribution >= 4 is 33.6 Å². The lowest BCUT2D eigenvalue weighted by molar-refractivity contribution is -0.112. The Morgan fingerprint density at radius 3 is 2.60 bits per heavy atom. The van der Waals surface area contributed by atoms with Crippen molar-refractivity contribution in [1.29, 1.82) is 5.26 Å². The van der Waals surface area contributed by atoms with Gasteiger partial charge < -0.3 is 10.1 Å². The smallest absolute Gasteiger partial charge is 0.266 e. The highest BCUT2D eigenvalue weighted by Crippen LogP contribution is 2.27. The molecule has 1 amide bonds. The van der Waals surface area contributed by atoms with Crippen molar-refractivity contribution in [2.45, 2.75) is 20.5 Å². The van der Waals surface area contributed by atoms with Crippen LogP contribution in [0.2, 0.25) is 0 Å². The first-order chi connectivity index (χ1) is 14.5. The van der Waals surface area contributed by atoms with Gasteiger partial charge in [0.25, 0.3) is 5.91 Å². The zero-order valence-corrected chi connectivity index (χ0v) is 18.4. The molecule has 0 aliphatic carbocycles. The maximum atomic E-state index is 12.7. The highest BCUT2D eigenvalue weighted by molar-refractivity contribution is 9.10. The van der Waals surface area contributed by atoms with E-state index in [4.69, 9.17) is 4.74 Å². The molecule has 150 valence electrons. The molecule has 1 N–H and O–H groups in total. The number of nitrogens with one attached hydrogen (secondary N) is 1. The van der Waals surface area contributed by atoms with Crippen molar-refractivity contribution in [1.82, 2.24) is 0 Å². The molecule has 3 aromatic carbocycles. The van der Waals surface area contributed by atoms with Gasteiger partial charge in [0.15, 0.2) is 0 Å². The Hall–Kier alpha value is -3.36. The molecule has 0 radical (unpaired) electrons. The molecule has 0 spiro atoms. The molecular weight excluding hydrogens is 440 g/mol. The Labute approximate surface area is 184 Å². The van der Waals surface area contributed by atoms with Crippen LogP contribution in [-0.2, 0) is 11.4 Å². The van der Waals surface area contributed by atoms with Crippen LogP contribution in [-0.4, -0.2) is 5.91 Å². The highest BCUT2D eigenvalue weighted by Gasteiger charge is 2.13. The minimum atomic E-state index is -0.458. The number of rotatable bonds is 6. The van der Waals surface area contributed by atoms with E-state index in [2.05, 4.69) is 21.2 Å². The third kappa shape index (κ3) is 5.37. The molecule has 0 saturated carbocycles. The maximum absolute atomic E-state index is 12.7. The lowest BCUT2D eigenvalue weighted by Crippen LogP contribution is -2.14. The number of anilines is 1. The van der Waals surface area contributed by atoms with E-state index in [1.54, 1.807) is 6.08 Å². The fraction of sp³-hybridized carbons (Fsp3) is 0.120. The zero-order valence-electron chi connectivity index (χ0n) is 16.8. The van der Waals surface area contributed by atoms with Gasteiger partial charge in [-0.2, -0.15) is 5.26 Å². The number of hydrogen-bond donors (Lipinski definition) is 1. The Morgan fingerprint density at radius 1 is 1.10 bits per heavy atom. The predicted molar refractivity (Wildman–Crippen MR) is 123 cm³/mol. The van der Waals surface area contributed by atoms with Gasteiger partial charge in [-0.05, 0) is 60.9 Å². The maximum Gasteiger partial charge on any atom is 0.266 e. The van der Waals surface area contributed by atoms with Crippen LogP contribution in [0.5, 0.6) is 5.75 Å². The summed E-state index contributed by atoms with van der Waals surface area (Å²) in [7, 11) is 0. The molecule has 3 aromatic rings. The number of carbonyl (C=O) groups excluding carboxylic acids is 1. The number of amides is 1. The molecule has 0 atom stereocenters. The monoisotopic (exact) mass is 460 g/mol. The summed E-state index contributed by atoms with van der Waals surface area (Å²) >= 11 is 3.44. The quantitative estimate of drug-likeness (QED) is 0.352. The SMILES string of the molecule is Cc1cccc(NC(=O)/C(C#N)=C/c2cc(Br)ccc2OCc2ccccc2)c1C. The highest BCUT2D eigenvalue weighted by atomic mass is 79.9. The van der Waals surface area contributed by atoms with E-state index < -0.39 is 5.91 Å². The molecule has 0 unspecified atom stereocenters. The van der Waals surface area contributed by atoms with Crippen molar-refractivity contribution < 1.29 is 9.53 Å². The van der Waals surface area contributed by atoms with Gasteiger partial charge in [0.05, 0.1) is 0 Å². The normalized spacial score (nSPS) is 10.9. The first-order valence-electron chi connectivity index (χ1n) is 9.43. The number of nitriles is 1. The van der Waals surface area contributed by atoms with E-state index in [-0.39, 0.29) is 5.57 Å². The number of hydrogen-bond acceptors (Lipinski definition) is 3. The van der Waals surface area contributed by atoms with E-state index in [0.717, 1.165) is 21.2 Å². The summed E-state index contributed by atoms with van der Waals surface area (Å²) in [5, 5.41) is 12.4. The van der Waals surface area contributed by atoms with E-state index in [9.17, 15) is 10.1 Å². The molecular formula is C25H21BrN2O2. The first-order valence-corrected chi connectivity index (χ1v) is 10.2.